The molecule has 0 aromatic heterocycles. The normalized spacial score (nSPS) is 7.50. The van der Waals surface area contributed by atoms with Gasteiger partial charge in [-0.25, -0.2) is 0 Å². The van der Waals surface area contributed by atoms with Crippen molar-refractivity contribution in [2.24, 2.45) is 9.63 Å². The van der Waals surface area contributed by atoms with Gasteiger partial charge in [-0.1, -0.05) is 0 Å². The van der Waals surface area contributed by atoms with Crippen LogP contribution >= 0.6 is 0 Å². The number of amides is 2. The third-order valence-corrected chi connectivity index (χ3v) is 1.31. The van der Waals surface area contributed by atoms with Crippen LogP contribution in [-0.4, -0.2) is 28.2 Å². The van der Waals surface area contributed by atoms with Crippen LogP contribution in [-0.2, 0) is 0 Å². The molecule has 0 unspecified atom stereocenters. The minimum absolute atomic E-state index is 0.510. The fourth-order valence-electron chi connectivity index (χ4n) is 0.0711. The number of carbonyl (C=O) groups is 1. The molecule has 0 aromatic rings. The molecule has 0 bridgehead atoms. The quantitative estimate of drug-likeness (QED) is 0.421. The van der Waals surface area contributed by atoms with Gasteiger partial charge in [0.2, 0.25) is 0 Å². The second kappa shape index (κ2) is 3.25. The Bertz CT molecular complexity index is 54.8. The molecule has 4 nitrogen and oxygen atoms in total. The molecule has 0 atom stereocenters. The van der Waals surface area contributed by atoms with Crippen LogP contribution in [0.1, 0.15) is 0 Å². The topological polar surface area (TPSA) is 81.1 Å². The molecule has 0 aromatic carbocycles. The number of urea groups is 1. The molecule has 0 saturated carbocycles. The maximum atomic E-state index is 9.67. The number of rotatable bonds is 1. The summed E-state index contributed by atoms with van der Waals surface area (Å²) in [4.78, 5) is 9.67. The molecule has 0 heterocycles. The summed E-state index contributed by atoms with van der Waals surface area (Å²) < 4.78 is 7.28. The number of hydrogen-bond donors (Lipinski definition) is 3. The van der Waals surface area contributed by atoms with E-state index in [0.717, 1.165) is 0 Å². The summed E-state index contributed by atoms with van der Waals surface area (Å²) in [6.07, 6.45) is 0. The van der Waals surface area contributed by atoms with Crippen LogP contribution in [0.25, 0.3) is 0 Å². The number of nitrogens with two attached hydrogens (primary N) is 2. The van der Waals surface area contributed by atoms with Crippen molar-refractivity contribution in [1.82, 2.24) is 3.48 Å². The molecule has 5 N–H and O–H groups in total. The van der Waals surface area contributed by atoms with E-state index in [4.69, 9.17) is 3.89 Å². The van der Waals surface area contributed by atoms with Crippen LogP contribution in [0.2, 0.25) is 0 Å². The summed E-state index contributed by atoms with van der Waals surface area (Å²) in [7, 11) is 0. The van der Waals surface area contributed by atoms with E-state index < -0.39 is 28.2 Å². The zero-order chi connectivity index (χ0) is 4.99. The molecule has 5 heteroatoms. The van der Waals surface area contributed by atoms with Crippen molar-refractivity contribution in [2.75, 3.05) is 0 Å². The van der Waals surface area contributed by atoms with Crippen LogP contribution in [0, 0.1) is 0 Å². The van der Waals surface area contributed by atoms with Crippen molar-refractivity contribution in [2.45, 2.75) is 0 Å². The summed E-state index contributed by atoms with van der Waals surface area (Å²) in [6, 6.07) is -0.510. The zero-order valence-electron chi connectivity index (χ0n) is 3.06. The molecule has 0 saturated heterocycles. The van der Waals surface area contributed by atoms with Gasteiger partial charge >= 0.3 is 46.1 Å². The van der Waals surface area contributed by atoms with E-state index >= 15 is 0 Å². The van der Waals surface area contributed by atoms with Crippen molar-refractivity contribution in [1.29, 1.82) is 0 Å². The Morgan fingerprint density at radius 1 is 1.83 bits per heavy atom. The molecular weight excluding hydrogens is 192 g/mol. The summed E-state index contributed by atoms with van der Waals surface area (Å²) in [5, 5.41) is 0. The molecule has 0 rings (SSSR count). The van der Waals surface area contributed by atoms with Crippen molar-refractivity contribution < 1.29 is 4.79 Å². The molecule has 0 aliphatic rings. The fraction of sp³-hybridized carbons (Fsp3) is 0. The van der Waals surface area contributed by atoms with Crippen molar-refractivity contribution in [3.63, 3.8) is 0 Å². The van der Waals surface area contributed by atoms with E-state index in [-0.39, 0.29) is 0 Å². The van der Waals surface area contributed by atoms with Gasteiger partial charge < -0.3 is 0 Å². The van der Waals surface area contributed by atoms with Gasteiger partial charge in [0.25, 0.3) is 0 Å². The second-order valence-electron chi connectivity index (χ2n) is 0.634. The monoisotopic (exact) mass is 197 g/mol. The predicted octanol–water partition coefficient (Wildman–Crippen LogP) is -2.12. The predicted molar refractivity (Wildman–Crippen MR) is 24.1 cm³/mol. The van der Waals surface area contributed by atoms with E-state index in [0.29, 0.717) is 0 Å². The van der Waals surface area contributed by atoms with Gasteiger partial charge in [0.15, 0.2) is 0 Å². The molecule has 36 valence electrons. The van der Waals surface area contributed by atoms with E-state index in [2.05, 4.69) is 9.21 Å². The van der Waals surface area contributed by atoms with Gasteiger partial charge in [0, 0.05) is 0 Å². The van der Waals surface area contributed by atoms with E-state index in [9.17, 15) is 4.79 Å². The first-order chi connectivity index (χ1) is 2.77. The molecule has 0 aliphatic carbocycles. The third kappa shape index (κ3) is 4.05. The van der Waals surface area contributed by atoms with E-state index in [1.54, 1.807) is 0 Å². The fourth-order valence-corrected chi connectivity index (χ4v) is 0.477. The molecule has 0 radical (unpaired) electrons. The van der Waals surface area contributed by atoms with E-state index in [1.165, 1.54) is 0 Å². The molecule has 2 amide bonds. The first-order valence-corrected chi connectivity index (χ1v) is 4.36. The Balaban J connectivity index is 2.83. The van der Waals surface area contributed by atoms with Gasteiger partial charge in [-0.15, -0.1) is 0 Å². The van der Waals surface area contributed by atoms with Gasteiger partial charge in [0.1, 0.15) is 0 Å². The molecule has 0 spiro atoms. The summed E-state index contributed by atoms with van der Waals surface area (Å²) >= 11 is -1.07. The van der Waals surface area contributed by atoms with Crippen LogP contribution in [0.15, 0.2) is 0 Å². The number of nitrogens with one attached hydrogen (secondary N) is 1. The Hall–Kier alpha value is 0.0482. The second-order valence-corrected chi connectivity index (χ2v) is 2.17. The molecule has 0 fully saturated rings. The first kappa shape index (κ1) is 6.05. The van der Waals surface area contributed by atoms with Crippen molar-refractivity contribution in [3.05, 3.63) is 0 Å². The summed E-state index contributed by atoms with van der Waals surface area (Å²) in [6.45, 7) is 0. The first-order valence-electron chi connectivity index (χ1n) is 1.28. The standard InChI is InChI=1S/CH4N2O.H2N.Sb.H/c2-1(3)4;;;/h(H4,2,3,4);1H2;;/q;-1;+2;/p-1. The average molecular weight is 198 g/mol. The Morgan fingerprint density at radius 2 is 2.33 bits per heavy atom. The van der Waals surface area contributed by atoms with E-state index in [1.807, 2.05) is 0 Å². The molecular formula is CH6N3OSb. The Labute approximate surface area is 46.5 Å². The SMILES string of the molecule is [NH2][SbH][NH]C(N)=O. The van der Waals surface area contributed by atoms with Gasteiger partial charge in [-0.2, -0.15) is 0 Å². The Kier molecular flexibility index (Phi) is 3.27. The van der Waals surface area contributed by atoms with Gasteiger partial charge in [-0.3, -0.25) is 0 Å². The summed E-state index contributed by atoms with van der Waals surface area (Å²) in [5.41, 5.74) is 4.62. The molecule has 6 heavy (non-hydrogen) atoms. The molecule has 0 aliphatic heterocycles. The Morgan fingerprint density at radius 3 is 2.33 bits per heavy atom. The third-order valence-electron chi connectivity index (χ3n) is 0.195. The van der Waals surface area contributed by atoms with Crippen molar-refractivity contribution >= 4 is 28.2 Å². The maximum absolute atomic E-state index is 9.67. The van der Waals surface area contributed by atoms with Crippen LogP contribution < -0.4 is 13.1 Å². The average Bonchev–Trinajstić information content (AvgIpc) is 1.35. The number of hydrogen-bond acceptors (Lipinski definition) is 2. The number of primary amides is 1. The number of carbonyl (C=O) groups excluding carboxylic acids is 1. The summed E-state index contributed by atoms with van der Waals surface area (Å²) in [5.74, 6) is 0. The van der Waals surface area contributed by atoms with Crippen LogP contribution in [0.3, 0.4) is 0 Å². The van der Waals surface area contributed by atoms with Crippen molar-refractivity contribution in [3.8, 4) is 0 Å². The minimum atomic E-state index is -1.07. The van der Waals surface area contributed by atoms with Gasteiger partial charge in [0.05, 0.1) is 0 Å². The van der Waals surface area contributed by atoms with Crippen LogP contribution in [0.5, 0.6) is 0 Å². The van der Waals surface area contributed by atoms with Crippen LogP contribution in [0.4, 0.5) is 4.79 Å². The van der Waals surface area contributed by atoms with Gasteiger partial charge in [-0.05, 0) is 0 Å². The zero-order valence-corrected chi connectivity index (χ0v) is 5.92.